The molecule has 2 saturated carbocycles. The Bertz CT molecular complexity index is 1510. The van der Waals surface area contributed by atoms with Gasteiger partial charge < -0.3 is 21.5 Å². The number of ether oxygens (including phenoxy) is 1. The number of nitrogens with two attached hydrogens (primary N) is 2. The topological polar surface area (TPSA) is 122 Å². The van der Waals surface area contributed by atoms with Gasteiger partial charge in [0.05, 0.1) is 24.3 Å². The Morgan fingerprint density at radius 2 is 1.69 bits per heavy atom. The Balaban J connectivity index is 0.997. The van der Waals surface area contributed by atoms with Gasteiger partial charge in [0.25, 0.3) is 5.91 Å². The normalized spacial score (nSPS) is 21.4. The molecule has 9 nitrogen and oxygen atoms in total. The molecular formula is C36H45N7O2. The molecule has 1 unspecified atom stereocenters. The van der Waals surface area contributed by atoms with Crippen molar-refractivity contribution >= 4 is 23.5 Å². The number of hydrogen-bond donors (Lipinski definition) is 3. The lowest BCUT2D eigenvalue weighted by Crippen LogP contribution is -2.46. The van der Waals surface area contributed by atoms with E-state index in [-0.39, 0.29) is 23.9 Å². The Hall–Kier alpha value is -4.05. The Kier molecular flexibility index (Phi) is 9.88. The van der Waals surface area contributed by atoms with Crippen molar-refractivity contribution in [1.29, 1.82) is 0 Å². The van der Waals surface area contributed by atoms with Crippen LogP contribution < -0.4 is 16.8 Å². The van der Waals surface area contributed by atoms with E-state index in [9.17, 15) is 4.79 Å². The quantitative estimate of drug-likeness (QED) is 0.275. The summed E-state index contributed by atoms with van der Waals surface area (Å²) >= 11 is 0. The highest BCUT2D eigenvalue weighted by atomic mass is 16.5. The second-order valence-corrected chi connectivity index (χ2v) is 12.5. The summed E-state index contributed by atoms with van der Waals surface area (Å²) in [4.78, 5) is 26.7. The number of hydrogen-bond acceptors (Lipinski definition) is 8. The van der Waals surface area contributed by atoms with Crippen LogP contribution in [0.3, 0.4) is 0 Å². The summed E-state index contributed by atoms with van der Waals surface area (Å²) in [6, 6.07) is 20.1. The molecule has 0 radical (unpaired) electrons. The fourth-order valence-electron chi connectivity index (χ4n) is 6.49. The van der Waals surface area contributed by atoms with Crippen molar-refractivity contribution in [3.05, 3.63) is 89.2 Å². The first kappa shape index (κ1) is 31.0. The van der Waals surface area contributed by atoms with E-state index in [1.54, 1.807) is 25.5 Å². The van der Waals surface area contributed by atoms with Crippen LogP contribution >= 0.6 is 0 Å². The van der Waals surface area contributed by atoms with E-state index in [1.807, 2.05) is 0 Å². The summed E-state index contributed by atoms with van der Waals surface area (Å²) in [5.74, 6) is -0.0906. The van der Waals surface area contributed by atoms with Crippen LogP contribution in [0.15, 0.2) is 72.0 Å². The minimum absolute atomic E-state index is 0.0676. The summed E-state index contributed by atoms with van der Waals surface area (Å²) in [6.07, 6.45) is 10.1. The zero-order valence-corrected chi connectivity index (χ0v) is 26.2. The van der Waals surface area contributed by atoms with E-state index in [4.69, 9.17) is 16.2 Å². The highest BCUT2D eigenvalue weighted by Crippen LogP contribution is 2.28. The average Bonchev–Trinajstić information content (AvgIpc) is 3.83. The number of nitrogens with zero attached hydrogens (tertiary/aromatic N) is 4. The average molecular weight is 608 g/mol. The second kappa shape index (κ2) is 14.4. The molecule has 1 aliphatic heterocycles. The Morgan fingerprint density at radius 1 is 1.00 bits per heavy atom. The molecule has 45 heavy (non-hydrogen) atoms. The second-order valence-electron chi connectivity index (χ2n) is 12.5. The molecule has 3 aliphatic rings. The van der Waals surface area contributed by atoms with Gasteiger partial charge in [0.15, 0.2) is 0 Å². The number of carbonyl (C=O) groups excluding carboxylic acids is 1. The molecule has 1 saturated heterocycles. The van der Waals surface area contributed by atoms with Gasteiger partial charge in [-0.25, -0.2) is 4.98 Å². The molecular weight excluding hydrogens is 562 g/mol. The minimum Gasteiger partial charge on any atom is -0.404 e. The summed E-state index contributed by atoms with van der Waals surface area (Å²) < 4.78 is 6.32. The molecule has 0 spiro atoms. The van der Waals surface area contributed by atoms with Crippen LogP contribution in [-0.2, 0) is 17.9 Å². The number of nitrogens with one attached hydrogen (secondary N) is 1. The highest BCUT2D eigenvalue weighted by molar-refractivity contribution is 6.10. The van der Waals surface area contributed by atoms with Gasteiger partial charge in [-0.05, 0) is 60.4 Å². The SMILES string of the molecule is CN=CC(=CN)c1cnc(N)c(C(=O)NC2CCC[C@@H]2OCc2ccc(-c3ccc(CN4CCN(C5CC5)CC4)cc3)cc2)c1. The van der Waals surface area contributed by atoms with Crippen LogP contribution in [0.5, 0.6) is 0 Å². The molecule has 0 bridgehead atoms. The Morgan fingerprint density at radius 3 is 2.33 bits per heavy atom. The number of benzene rings is 2. The molecule has 2 aromatic carbocycles. The third-order valence-corrected chi connectivity index (χ3v) is 9.29. The van der Waals surface area contributed by atoms with E-state index >= 15 is 0 Å². The highest BCUT2D eigenvalue weighted by Gasteiger charge is 2.32. The molecule has 236 valence electrons. The number of aromatic nitrogens is 1. The number of nitrogen functional groups attached to an aromatic ring is 1. The molecule has 2 aliphatic carbocycles. The predicted molar refractivity (Wildman–Crippen MR) is 181 cm³/mol. The molecule has 9 heteroatoms. The monoisotopic (exact) mass is 607 g/mol. The van der Waals surface area contributed by atoms with Gasteiger partial charge in [0.2, 0.25) is 0 Å². The number of carbonyl (C=O) groups is 1. The number of pyridine rings is 1. The first-order valence-electron chi connectivity index (χ1n) is 16.2. The van der Waals surface area contributed by atoms with Crippen LogP contribution in [0.2, 0.25) is 0 Å². The van der Waals surface area contributed by atoms with Crippen LogP contribution in [0.25, 0.3) is 16.7 Å². The van der Waals surface area contributed by atoms with Crippen LogP contribution in [0.4, 0.5) is 5.82 Å². The summed E-state index contributed by atoms with van der Waals surface area (Å²) in [5.41, 5.74) is 18.4. The van der Waals surface area contributed by atoms with Crippen molar-refractivity contribution in [3.63, 3.8) is 0 Å². The van der Waals surface area contributed by atoms with Gasteiger partial charge in [-0.2, -0.15) is 0 Å². The van der Waals surface area contributed by atoms with Gasteiger partial charge in [0, 0.05) is 75.6 Å². The zero-order chi connectivity index (χ0) is 31.2. The van der Waals surface area contributed by atoms with Gasteiger partial charge >= 0.3 is 0 Å². The van der Waals surface area contributed by atoms with Gasteiger partial charge in [-0.3, -0.25) is 19.6 Å². The van der Waals surface area contributed by atoms with Gasteiger partial charge in [-0.1, -0.05) is 48.5 Å². The first-order valence-corrected chi connectivity index (χ1v) is 16.2. The minimum atomic E-state index is -0.265. The summed E-state index contributed by atoms with van der Waals surface area (Å²) in [6.45, 7) is 6.26. The van der Waals surface area contributed by atoms with E-state index in [0.717, 1.165) is 37.4 Å². The molecule has 5 N–H and O–H groups in total. The number of piperazine rings is 1. The van der Waals surface area contributed by atoms with Crippen molar-refractivity contribution in [2.24, 2.45) is 10.7 Å². The van der Waals surface area contributed by atoms with E-state index < -0.39 is 0 Å². The molecule has 2 heterocycles. The predicted octanol–water partition coefficient (Wildman–Crippen LogP) is 4.48. The number of allylic oxidation sites excluding steroid dienone is 1. The van der Waals surface area contributed by atoms with E-state index in [0.29, 0.717) is 23.3 Å². The fourth-order valence-corrected chi connectivity index (χ4v) is 6.49. The standard InChI is InChI=1S/C36H45N7O2/c1-39-21-30(20-37)29-19-32(35(38)40-22-29)36(44)41-33-3-2-4-34(33)45-24-26-7-11-28(12-8-26)27-9-5-25(6-10-27)23-42-15-17-43(18-16-42)31-13-14-31/h5-12,19-22,31,33-34H,2-4,13-18,23-24,37H2,1H3,(H2,38,40)(H,41,44)/t33?,34-/m0/s1. The lowest BCUT2D eigenvalue weighted by atomic mass is 10.0. The van der Waals surface area contributed by atoms with Crippen molar-refractivity contribution in [3.8, 4) is 11.1 Å². The molecule has 2 atom stereocenters. The Labute approximate surface area is 266 Å². The van der Waals surface area contributed by atoms with Gasteiger partial charge in [-0.15, -0.1) is 0 Å². The van der Waals surface area contributed by atoms with Crippen molar-refractivity contribution in [2.75, 3.05) is 39.0 Å². The maximum atomic E-state index is 13.2. The molecule has 3 aromatic rings. The third kappa shape index (κ3) is 7.79. The smallest absolute Gasteiger partial charge is 0.255 e. The lowest BCUT2D eigenvalue weighted by Gasteiger charge is -2.34. The fraction of sp³-hybridized carbons (Fsp3) is 0.417. The summed E-state index contributed by atoms with van der Waals surface area (Å²) in [5, 5.41) is 3.13. The van der Waals surface area contributed by atoms with Crippen LogP contribution in [-0.4, -0.2) is 78.3 Å². The number of rotatable bonds is 11. The maximum Gasteiger partial charge on any atom is 0.255 e. The number of anilines is 1. The van der Waals surface area contributed by atoms with Crippen molar-refractivity contribution in [1.82, 2.24) is 20.1 Å². The van der Waals surface area contributed by atoms with Crippen LogP contribution in [0.1, 0.15) is 59.2 Å². The molecule has 6 rings (SSSR count). The van der Waals surface area contributed by atoms with Crippen molar-refractivity contribution in [2.45, 2.75) is 63.4 Å². The molecule has 1 aromatic heterocycles. The summed E-state index contributed by atoms with van der Waals surface area (Å²) in [7, 11) is 1.66. The van der Waals surface area contributed by atoms with Gasteiger partial charge in [0.1, 0.15) is 5.82 Å². The van der Waals surface area contributed by atoms with E-state index in [1.165, 1.54) is 61.9 Å². The zero-order valence-electron chi connectivity index (χ0n) is 26.2. The van der Waals surface area contributed by atoms with Crippen LogP contribution in [0, 0.1) is 0 Å². The first-order chi connectivity index (χ1) is 22.0. The molecule has 1 amide bonds. The lowest BCUT2D eigenvalue weighted by molar-refractivity contribution is 0.0272. The number of aliphatic imine (C=N–C) groups is 1. The molecule has 3 fully saturated rings. The van der Waals surface area contributed by atoms with E-state index in [2.05, 4.69) is 73.6 Å². The maximum absolute atomic E-state index is 13.2. The number of amides is 1. The largest absolute Gasteiger partial charge is 0.404 e. The third-order valence-electron chi connectivity index (χ3n) is 9.29. The van der Waals surface area contributed by atoms with Crippen molar-refractivity contribution < 1.29 is 9.53 Å².